The van der Waals surface area contributed by atoms with Gasteiger partial charge in [0.2, 0.25) is 0 Å². The van der Waals surface area contributed by atoms with E-state index in [1.54, 1.807) is 18.2 Å². The lowest BCUT2D eigenvalue weighted by Gasteiger charge is -2.26. The van der Waals surface area contributed by atoms with E-state index in [4.69, 9.17) is 16.3 Å². The third-order valence-corrected chi connectivity index (χ3v) is 5.08. The average molecular weight is 428 g/mol. The number of ether oxygens (including phenoxy) is 1. The number of nitrogens with one attached hydrogen (secondary N) is 1. The van der Waals surface area contributed by atoms with Gasteiger partial charge in [-0.25, -0.2) is 9.69 Å². The summed E-state index contributed by atoms with van der Waals surface area (Å²) in [5.74, 6) is -0.964. The van der Waals surface area contributed by atoms with Gasteiger partial charge in [0.15, 0.2) is 0 Å². The van der Waals surface area contributed by atoms with Crippen molar-refractivity contribution >= 4 is 46.9 Å². The minimum absolute atomic E-state index is 0.168. The third kappa shape index (κ3) is 4.16. The molecule has 1 fully saturated rings. The topological polar surface area (TPSA) is 79.0 Å². The van der Waals surface area contributed by atoms with Gasteiger partial charge < -0.3 is 9.64 Å². The molecule has 0 aromatic heterocycles. The molecule has 156 valence electrons. The van der Waals surface area contributed by atoms with Crippen LogP contribution in [0, 0.1) is 0 Å². The summed E-state index contributed by atoms with van der Waals surface area (Å²) < 4.78 is 5.47. The normalized spacial score (nSPS) is 15.4. The van der Waals surface area contributed by atoms with E-state index < -0.39 is 17.8 Å². The molecule has 0 aliphatic carbocycles. The molecule has 2 aromatic rings. The van der Waals surface area contributed by atoms with E-state index in [-0.39, 0.29) is 5.57 Å². The smallest absolute Gasteiger partial charge is 0.335 e. The number of anilines is 2. The van der Waals surface area contributed by atoms with Crippen LogP contribution in [0.3, 0.4) is 0 Å². The molecule has 0 bridgehead atoms. The molecule has 0 unspecified atom stereocenters. The van der Waals surface area contributed by atoms with Gasteiger partial charge in [-0.1, -0.05) is 11.6 Å². The summed E-state index contributed by atoms with van der Waals surface area (Å²) in [7, 11) is 1.52. The fourth-order valence-electron chi connectivity index (χ4n) is 3.24. The number of barbiturate groups is 1. The van der Waals surface area contributed by atoms with Gasteiger partial charge in [0, 0.05) is 35.4 Å². The molecule has 0 spiro atoms. The first-order chi connectivity index (χ1) is 14.4. The number of amides is 4. The molecule has 30 heavy (non-hydrogen) atoms. The summed E-state index contributed by atoms with van der Waals surface area (Å²) >= 11 is 5.88. The lowest BCUT2D eigenvalue weighted by molar-refractivity contribution is -0.122. The van der Waals surface area contributed by atoms with E-state index in [1.807, 2.05) is 12.1 Å². The number of urea groups is 1. The number of hydrogen-bond donors (Lipinski definition) is 1. The van der Waals surface area contributed by atoms with Crippen LogP contribution in [0.2, 0.25) is 5.02 Å². The van der Waals surface area contributed by atoms with Gasteiger partial charge in [0.05, 0.1) is 12.8 Å². The van der Waals surface area contributed by atoms with E-state index >= 15 is 0 Å². The zero-order chi connectivity index (χ0) is 21.8. The second-order valence-corrected chi connectivity index (χ2v) is 6.97. The van der Waals surface area contributed by atoms with E-state index in [9.17, 15) is 14.4 Å². The lowest BCUT2D eigenvalue weighted by Crippen LogP contribution is -2.54. The van der Waals surface area contributed by atoms with Crippen LogP contribution in [0.4, 0.5) is 16.2 Å². The van der Waals surface area contributed by atoms with Crippen LogP contribution >= 0.6 is 11.6 Å². The predicted octanol–water partition coefficient (Wildman–Crippen LogP) is 3.86. The number of imide groups is 2. The highest BCUT2D eigenvalue weighted by atomic mass is 35.5. The number of hydrogen-bond acceptors (Lipinski definition) is 5. The molecular formula is C22H22ClN3O4. The standard InChI is InChI=1S/C22H22ClN3O4/c1-4-25(5-2)17-9-6-14(19(13-17)30-3)12-18-20(27)24-22(29)26(21(18)28)16-10-7-15(23)8-11-16/h6-13H,4-5H2,1-3H3,(H,24,27,29). The Labute approximate surface area is 179 Å². The van der Waals surface area contributed by atoms with Crippen molar-refractivity contribution in [2.45, 2.75) is 13.8 Å². The molecule has 1 N–H and O–H groups in total. The first-order valence-electron chi connectivity index (χ1n) is 9.49. The van der Waals surface area contributed by atoms with Crippen molar-refractivity contribution in [3.05, 3.63) is 58.6 Å². The van der Waals surface area contributed by atoms with Crippen LogP contribution < -0.4 is 19.9 Å². The van der Waals surface area contributed by atoms with Gasteiger partial charge in [0.25, 0.3) is 11.8 Å². The molecule has 2 aromatic carbocycles. The Morgan fingerprint density at radius 1 is 1.07 bits per heavy atom. The third-order valence-electron chi connectivity index (χ3n) is 4.83. The number of benzene rings is 2. The van der Waals surface area contributed by atoms with Gasteiger partial charge in [-0.15, -0.1) is 0 Å². The Kier molecular flexibility index (Phi) is 6.42. The van der Waals surface area contributed by atoms with Gasteiger partial charge in [-0.2, -0.15) is 0 Å². The highest BCUT2D eigenvalue weighted by Gasteiger charge is 2.37. The maximum atomic E-state index is 13.0. The molecule has 0 radical (unpaired) electrons. The maximum absolute atomic E-state index is 13.0. The number of carbonyl (C=O) groups excluding carboxylic acids is 3. The van der Waals surface area contributed by atoms with Crippen LogP contribution in [0.15, 0.2) is 48.0 Å². The molecule has 0 atom stereocenters. The highest BCUT2D eigenvalue weighted by molar-refractivity contribution is 6.39. The number of rotatable bonds is 6. The van der Waals surface area contributed by atoms with E-state index in [1.165, 1.54) is 25.3 Å². The van der Waals surface area contributed by atoms with Crippen molar-refractivity contribution in [1.82, 2.24) is 5.32 Å². The summed E-state index contributed by atoms with van der Waals surface area (Å²) in [6, 6.07) is 10.9. The molecule has 1 aliphatic heterocycles. The first-order valence-corrected chi connectivity index (χ1v) is 9.87. The summed E-state index contributed by atoms with van der Waals surface area (Å²) in [6.07, 6.45) is 1.43. The second kappa shape index (κ2) is 9.00. The molecule has 1 heterocycles. The van der Waals surface area contributed by atoms with E-state index in [2.05, 4.69) is 24.1 Å². The van der Waals surface area contributed by atoms with E-state index in [0.29, 0.717) is 22.0 Å². The Hall–Kier alpha value is -3.32. The van der Waals surface area contributed by atoms with Crippen molar-refractivity contribution in [2.24, 2.45) is 0 Å². The summed E-state index contributed by atoms with van der Waals surface area (Å²) in [5, 5.41) is 2.67. The molecule has 0 saturated carbocycles. The fourth-order valence-corrected chi connectivity index (χ4v) is 3.37. The SMILES string of the molecule is CCN(CC)c1ccc(C=C2C(=O)NC(=O)N(c3ccc(Cl)cc3)C2=O)c(OC)c1. The first kappa shape index (κ1) is 21.4. The summed E-state index contributed by atoms with van der Waals surface area (Å²) in [6.45, 7) is 5.77. The van der Waals surface area contributed by atoms with Gasteiger partial charge in [-0.3, -0.25) is 14.9 Å². The minimum atomic E-state index is -0.812. The van der Waals surface area contributed by atoms with Crippen molar-refractivity contribution in [1.29, 1.82) is 0 Å². The van der Waals surface area contributed by atoms with Crippen LogP contribution in [0.5, 0.6) is 5.75 Å². The quantitative estimate of drug-likeness (QED) is 0.559. The summed E-state index contributed by atoms with van der Waals surface area (Å²) in [4.78, 5) is 40.7. The van der Waals surface area contributed by atoms with Gasteiger partial charge in [-0.05, 0) is 56.3 Å². The average Bonchev–Trinajstić information content (AvgIpc) is 2.73. The van der Waals surface area contributed by atoms with Crippen LogP contribution in [-0.4, -0.2) is 38.0 Å². The molecule has 1 saturated heterocycles. The molecule has 4 amide bonds. The number of methoxy groups -OCH3 is 1. The lowest BCUT2D eigenvalue weighted by atomic mass is 10.1. The zero-order valence-electron chi connectivity index (χ0n) is 16.9. The second-order valence-electron chi connectivity index (χ2n) is 6.53. The molecule has 7 nitrogen and oxygen atoms in total. The number of halogens is 1. The van der Waals surface area contributed by atoms with E-state index in [0.717, 1.165) is 23.7 Å². The van der Waals surface area contributed by atoms with Crippen LogP contribution in [0.1, 0.15) is 19.4 Å². The summed E-state index contributed by atoms with van der Waals surface area (Å²) in [5.41, 5.74) is 1.66. The molecular weight excluding hydrogens is 406 g/mol. The van der Waals surface area contributed by atoms with Crippen LogP contribution in [0.25, 0.3) is 6.08 Å². The monoisotopic (exact) mass is 427 g/mol. The van der Waals surface area contributed by atoms with Crippen molar-refractivity contribution in [2.75, 3.05) is 30.0 Å². The molecule has 3 rings (SSSR count). The number of nitrogens with zero attached hydrogens (tertiary/aromatic N) is 2. The molecule has 1 aliphatic rings. The molecule has 8 heteroatoms. The van der Waals surface area contributed by atoms with Crippen LogP contribution in [-0.2, 0) is 9.59 Å². The Bertz CT molecular complexity index is 1010. The Morgan fingerprint density at radius 2 is 1.73 bits per heavy atom. The highest BCUT2D eigenvalue weighted by Crippen LogP contribution is 2.29. The van der Waals surface area contributed by atoms with Crippen molar-refractivity contribution in [3.8, 4) is 5.75 Å². The van der Waals surface area contributed by atoms with Gasteiger partial charge in [0.1, 0.15) is 11.3 Å². The fraction of sp³-hybridized carbons (Fsp3) is 0.227. The van der Waals surface area contributed by atoms with Gasteiger partial charge >= 0.3 is 6.03 Å². The number of carbonyl (C=O) groups is 3. The minimum Gasteiger partial charge on any atom is -0.496 e. The zero-order valence-corrected chi connectivity index (χ0v) is 17.7. The van der Waals surface area contributed by atoms with Crippen molar-refractivity contribution < 1.29 is 19.1 Å². The predicted molar refractivity (Wildman–Crippen MR) is 117 cm³/mol. The van der Waals surface area contributed by atoms with Crippen molar-refractivity contribution in [3.63, 3.8) is 0 Å². The Balaban J connectivity index is 2.01. The Morgan fingerprint density at radius 3 is 2.33 bits per heavy atom. The maximum Gasteiger partial charge on any atom is 0.335 e. The largest absolute Gasteiger partial charge is 0.496 e.